The smallest absolute Gasteiger partial charge is 0.451 e. The Labute approximate surface area is 240 Å². The number of carbonyl (C=O) groups excluding carboxylic acids is 2. The molecule has 9 nitrogen and oxygen atoms in total. The number of rotatable bonds is 6. The molecule has 1 N–H and O–H groups in total. The lowest BCUT2D eigenvalue weighted by Crippen LogP contribution is -2.44. The Kier molecular flexibility index (Phi) is 8.86. The van der Waals surface area contributed by atoms with Gasteiger partial charge in [0.15, 0.2) is 0 Å². The zero-order valence-electron chi connectivity index (χ0n) is 23.4. The first-order chi connectivity index (χ1) is 19.2. The molecule has 1 atom stereocenters. The van der Waals surface area contributed by atoms with E-state index in [1.807, 2.05) is 33.8 Å². The van der Waals surface area contributed by atoms with Gasteiger partial charge in [-0.1, -0.05) is 0 Å². The van der Waals surface area contributed by atoms with Crippen LogP contribution in [0, 0.1) is 6.92 Å². The maximum atomic E-state index is 13.3. The molecule has 2 amide bonds. The monoisotopic (exact) mass is 591 g/mol. The summed E-state index contributed by atoms with van der Waals surface area (Å²) >= 11 is 1.47. The van der Waals surface area contributed by atoms with E-state index in [-0.39, 0.29) is 12.2 Å². The van der Waals surface area contributed by atoms with Crippen molar-refractivity contribution in [3.63, 3.8) is 0 Å². The number of alkyl halides is 3. The number of hydrogen-bond acceptors (Lipinski definition) is 8. The van der Waals surface area contributed by atoms with Gasteiger partial charge in [0.2, 0.25) is 5.82 Å². The van der Waals surface area contributed by atoms with Crippen molar-refractivity contribution < 1.29 is 32.2 Å². The Bertz CT molecular complexity index is 1380. The van der Waals surface area contributed by atoms with Gasteiger partial charge < -0.3 is 19.7 Å². The molecule has 1 fully saturated rings. The van der Waals surface area contributed by atoms with Gasteiger partial charge >= 0.3 is 12.3 Å². The van der Waals surface area contributed by atoms with Gasteiger partial charge in [0.1, 0.15) is 22.5 Å². The van der Waals surface area contributed by atoms with Gasteiger partial charge in [-0.05, 0) is 52.8 Å². The van der Waals surface area contributed by atoms with E-state index in [0.717, 1.165) is 17.3 Å². The number of nitrogens with one attached hydrogen (secondary N) is 1. The molecule has 3 aromatic rings. The van der Waals surface area contributed by atoms with E-state index < -0.39 is 29.6 Å². The molecule has 1 unspecified atom stereocenters. The summed E-state index contributed by atoms with van der Waals surface area (Å²) in [7, 11) is 0. The van der Waals surface area contributed by atoms with Gasteiger partial charge in [0.05, 0.1) is 6.04 Å². The molecule has 0 saturated carbocycles. The molecule has 41 heavy (non-hydrogen) atoms. The molecule has 1 aliphatic rings. The Morgan fingerprint density at radius 3 is 2.27 bits per heavy atom. The fraction of sp³-hybridized carbons (Fsp3) is 0.464. The van der Waals surface area contributed by atoms with Crippen LogP contribution in [0.5, 0.6) is 5.75 Å². The van der Waals surface area contributed by atoms with Crippen LogP contribution in [0.3, 0.4) is 0 Å². The summed E-state index contributed by atoms with van der Waals surface area (Å²) in [5.41, 5.74) is 0.748. The largest absolute Gasteiger partial charge is 0.490 e. The highest BCUT2D eigenvalue weighted by Gasteiger charge is 2.34. The lowest BCUT2D eigenvalue weighted by atomic mass is 10.1. The van der Waals surface area contributed by atoms with Crippen LogP contribution in [0.15, 0.2) is 36.8 Å². The molecule has 0 radical (unpaired) electrons. The van der Waals surface area contributed by atoms with E-state index in [1.165, 1.54) is 11.3 Å². The van der Waals surface area contributed by atoms with Crippen LogP contribution in [0.2, 0.25) is 0 Å². The first-order valence-electron chi connectivity index (χ1n) is 13.1. The van der Waals surface area contributed by atoms with Crippen LogP contribution >= 0.6 is 11.3 Å². The second kappa shape index (κ2) is 12.0. The van der Waals surface area contributed by atoms with Crippen molar-refractivity contribution in [3.05, 3.63) is 58.6 Å². The summed E-state index contributed by atoms with van der Waals surface area (Å²) in [6, 6.07) is 4.48. The summed E-state index contributed by atoms with van der Waals surface area (Å²) in [5, 5.41) is 3.51. The Morgan fingerprint density at radius 2 is 1.71 bits per heavy atom. The molecule has 1 aromatic carbocycles. The number of piperidine rings is 1. The number of likely N-dealkylation sites (tertiary alicyclic amines) is 1. The molecule has 3 heterocycles. The number of thiazole rings is 1. The Hall–Kier alpha value is -3.74. The quantitative estimate of drug-likeness (QED) is 0.364. The number of aryl methyl sites for hydroxylation is 1. The van der Waals surface area contributed by atoms with Crippen LogP contribution in [0.1, 0.15) is 73.2 Å². The first kappa shape index (κ1) is 30.2. The molecule has 0 aliphatic carbocycles. The average Bonchev–Trinajstić information content (AvgIpc) is 3.34. The molecular weight excluding hydrogens is 559 g/mol. The zero-order valence-corrected chi connectivity index (χ0v) is 24.2. The van der Waals surface area contributed by atoms with Crippen molar-refractivity contribution in [1.82, 2.24) is 25.2 Å². The number of nitrogens with zero attached hydrogens (tertiary/aromatic N) is 4. The van der Waals surface area contributed by atoms with E-state index >= 15 is 0 Å². The summed E-state index contributed by atoms with van der Waals surface area (Å²) in [4.78, 5) is 39.5. The highest BCUT2D eigenvalue weighted by atomic mass is 32.1. The predicted octanol–water partition coefficient (Wildman–Crippen LogP) is 6.20. The Morgan fingerprint density at radius 1 is 1.05 bits per heavy atom. The topological polar surface area (TPSA) is 107 Å². The summed E-state index contributed by atoms with van der Waals surface area (Å²) < 4.78 is 50.2. The first-order valence-corrected chi connectivity index (χ1v) is 13.9. The normalized spacial score (nSPS) is 15.4. The third-order valence-electron chi connectivity index (χ3n) is 6.21. The van der Waals surface area contributed by atoms with Crippen molar-refractivity contribution in [3.8, 4) is 16.3 Å². The molecule has 0 bridgehead atoms. The van der Waals surface area contributed by atoms with Crippen molar-refractivity contribution in [1.29, 1.82) is 0 Å². The van der Waals surface area contributed by atoms with E-state index in [0.29, 0.717) is 53.4 Å². The number of halogens is 3. The summed E-state index contributed by atoms with van der Waals surface area (Å²) in [5.74, 6) is -1.22. The number of carbonyl (C=O) groups is 2. The average molecular weight is 592 g/mol. The van der Waals surface area contributed by atoms with Crippen LogP contribution in [0.25, 0.3) is 10.6 Å². The van der Waals surface area contributed by atoms with Gasteiger partial charge in [0.25, 0.3) is 5.91 Å². The molecule has 220 valence electrons. The van der Waals surface area contributed by atoms with Crippen LogP contribution in [-0.2, 0) is 10.9 Å². The Balaban J connectivity index is 1.49. The minimum absolute atomic E-state index is 0.180. The van der Waals surface area contributed by atoms with E-state index in [4.69, 9.17) is 9.47 Å². The maximum Gasteiger partial charge on any atom is 0.451 e. The zero-order chi connectivity index (χ0) is 29.9. The fourth-order valence-corrected chi connectivity index (χ4v) is 4.91. The summed E-state index contributed by atoms with van der Waals surface area (Å²) in [6.07, 6.45) is -0.167. The van der Waals surface area contributed by atoms with Gasteiger partial charge in [-0.15, -0.1) is 11.3 Å². The lowest BCUT2D eigenvalue weighted by molar-refractivity contribution is -0.145. The SMILES string of the molecule is Cc1cnc(-c2cc(OC3CCN(C(=O)OC(C)(C)C)CC3)cc(C(=O)NC(C)c3cnc(C(F)(F)F)nc3)c2)s1. The van der Waals surface area contributed by atoms with Crippen LogP contribution < -0.4 is 10.1 Å². The molecule has 13 heteroatoms. The molecule has 1 saturated heterocycles. The van der Waals surface area contributed by atoms with Gasteiger partial charge in [-0.3, -0.25) is 4.79 Å². The van der Waals surface area contributed by atoms with Crippen molar-refractivity contribution in [2.24, 2.45) is 0 Å². The molecule has 4 rings (SSSR count). The second-order valence-electron chi connectivity index (χ2n) is 10.8. The number of ether oxygens (including phenoxy) is 2. The highest BCUT2D eigenvalue weighted by molar-refractivity contribution is 7.14. The van der Waals surface area contributed by atoms with Gasteiger partial charge in [0, 0.05) is 66.1 Å². The number of amides is 2. The van der Waals surface area contributed by atoms with Crippen molar-refractivity contribution in [2.45, 2.75) is 71.4 Å². The van der Waals surface area contributed by atoms with Crippen molar-refractivity contribution >= 4 is 23.3 Å². The molecular formula is C28H32F3N5O4S. The highest BCUT2D eigenvalue weighted by Crippen LogP contribution is 2.31. The van der Waals surface area contributed by atoms with E-state index in [2.05, 4.69) is 20.3 Å². The minimum atomic E-state index is -4.65. The third kappa shape index (κ3) is 8.15. The number of aromatic nitrogens is 3. The number of hydrogen-bond donors (Lipinski definition) is 1. The predicted molar refractivity (Wildman–Crippen MR) is 147 cm³/mol. The van der Waals surface area contributed by atoms with Gasteiger partial charge in [-0.2, -0.15) is 13.2 Å². The van der Waals surface area contributed by atoms with E-state index in [9.17, 15) is 22.8 Å². The van der Waals surface area contributed by atoms with Crippen LogP contribution in [-0.4, -0.2) is 56.6 Å². The standard InChI is InChI=1S/C28H32F3N5O4S/c1-16-13-32-24(41-16)19-10-18(23(37)35-17(2)20-14-33-25(34-15-20)28(29,30)31)11-22(12-19)39-21-6-8-36(9-7-21)26(38)40-27(3,4)5/h10-15,17,21H,6-9H2,1-5H3,(H,35,37). The van der Waals surface area contributed by atoms with Gasteiger partial charge in [-0.25, -0.2) is 19.7 Å². The molecule has 2 aromatic heterocycles. The molecule has 1 aliphatic heterocycles. The number of benzene rings is 1. The summed E-state index contributed by atoms with van der Waals surface area (Å²) in [6.45, 7) is 9.99. The maximum absolute atomic E-state index is 13.3. The fourth-order valence-electron chi connectivity index (χ4n) is 4.16. The minimum Gasteiger partial charge on any atom is -0.490 e. The third-order valence-corrected chi connectivity index (χ3v) is 7.17. The molecule has 0 spiro atoms. The van der Waals surface area contributed by atoms with E-state index in [1.54, 1.807) is 30.2 Å². The second-order valence-corrected chi connectivity index (χ2v) is 12.1. The lowest BCUT2D eigenvalue weighted by Gasteiger charge is -2.33. The van der Waals surface area contributed by atoms with Crippen LogP contribution in [0.4, 0.5) is 18.0 Å². The van der Waals surface area contributed by atoms with Crippen molar-refractivity contribution in [2.75, 3.05) is 13.1 Å².